The molecule has 8 aromatic carbocycles. The monoisotopic (exact) mass is 729 g/mol. The van der Waals surface area contributed by atoms with E-state index in [4.69, 9.17) is 24.1 Å². The first-order valence-corrected chi connectivity index (χ1v) is 19.2. The lowest BCUT2D eigenvalue weighted by Crippen LogP contribution is -2.32. The maximum absolute atomic E-state index is 6.65. The third kappa shape index (κ3) is 4.72. The normalized spacial score (nSPS) is 13.2. The smallest absolute Gasteiger partial charge is 0.164 e. The lowest BCUT2D eigenvalue weighted by Gasteiger charge is -2.39. The van der Waals surface area contributed by atoms with Gasteiger partial charge in [0.25, 0.3) is 0 Å². The SMILES string of the molecule is c1ccc(-c2ccc(-c3nc(-c4ccccc4)nc(-c4ccc5oc6cc7c(cc6c5c4)C4(c5ccccc5Oc5ccccc54)c4ccccc4-7)n3)cc2)cc1. The van der Waals surface area contributed by atoms with Gasteiger partial charge in [0.05, 0.1) is 5.41 Å². The number of nitrogens with zero attached hydrogens (tertiary/aromatic N) is 3. The molecule has 57 heavy (non-hydrogen) atoms. The zero-order chi connectivity index (χ0) is 37.5. The Morgan fingerprint density at radius 1 is 0.333 bits per heavy atom. The molecule has 0 atom stereocenters. The van der Waals surface area contributed by atoms with E-state index in [-0.39, 0.29) is 0 Å². The van der Waals surface area contributed by atoms with Gasteiger partial charge >= 0.3 is 0 Å². The van der Waals surface area contributed by atoms with Crippen LogP contribution in [0.1, 0.15) is 22.3 Å². The number of rotatable bonds is 4. The molecule has 1 aliphatic heterocycles. The third-order valence-electron chi connectivity index (χ3n) is 11.6. The van der Waals surface area contributed by atoms with Crippen LogP contribution in [0, 0.1) is 0 Å². The summed E-state index contributed by atoms with van der Waals surface area (Å²) in [6.45, 7) is 0. The Hall–Kier alpha value is -7.63. The molecule has 10 aromatic rings. The molecule has 0 bridgehead atoms. The highest BCUT2D eigenvalue weighted by Gasteiger charge is 2.51. The van der Waals surface area contributed by atoms with Gasteiger partial charge in [0.15, 0.2) is 17.5 Å². The highest BCUT2D eigenvalue weighted by molar-refractivity contribution is 6.09. The molecule has 1 aliphatic carbocycles. The number of ether oxygens (including phenoxy) is 1. The fourth-order valence-corrected chi connectivity index (χ4v) is 9.05. The van der Waals surface area contributed by atoms with Crippen LogP contribution in [0.25, 0.3) is 78.4 Å². The molecule has 0 unspecified atom stereocenters. The number of fused-ring (bicyclic) bond motifs is 12. The minimum atomic E-state index is -0.573. The Kier molecular flexibility index (Phi) is 6.78. The van der Waals surface area contributed by atoms with E-state index in [1.807, 2.05) is 60.7 Å². The number of para-hydroxylation sites is 2. The van der Waals surface area contributed by atoms with Crippen LogP contribution in [0.5, 0.6) is 11.5 Å². The van der Waals surface area contributed by atoms with Crippen molar-refractivity contribution in [1.29, 1.82) is 0 Å². The van der Waals surface area contributed by atoms with E-state index in [0.717, 1.165) is 77.9 Å². The Bertz CT molecular complexity index is 3160. The average molecular weight is 730 g/mol. The van der Waals surface area contributed by atoms with Gasteiger partial charge in [-0.3, -0.25) is 0 Å². The molecular weight excluding hydrogens is 699 g/mol. The van der Waals surface area contributed by atoms with Gasteiger partial charge in [-0.1, -0.05) is 146 Å². The van der Waals surface area contributed by atoms with Crippen molar-refractivity contribution >= 4 is 21.9 Å². The number of hydrogen-bond acceptors (Lipinski definition) is 5. The zero-order valence-corrected chi connectivity index (χ0v) is 30.6. The fraction of sp³-hybridized carbons (Fsp3) is 0.0192. The van der Waals surface area contributed by atoms with E-state index in [0.29, 0.717) is 17.5 Å². The second kappa shape index (κ2) is 12.2. The van der Waals surface area contributed by atoms with E-state index in [2.05, 4.69) is 127 Å². The molecule has 0 saturated carbocycles. The average Bonchev–Trinajstić information content (AvgIpc) is 3.78. The van der Waals surface area contributed by atoms with Gasteiger partial charge in [0.2, 0.25) is 0 Å². The predicted octanol–water partition coefficient (Wildman–Crippen LogP) is 12.9. The van der Waals surface area contributed by atoms with Crippen molar-refractivity contribution in [3.8, 4) is 67.9 Å². The minimum Gasteiger partial charge on any atom is -0.457 e. The second-order valence-corrected chi connectivity index (χ2v) is 14.7. The van der Waals surface area contributed by atoms with Crippen molar-refractivity contribution in [1.82, 2.24) is 15.0 Å². The highest BCUT2D eigenvalue weighted by Crippen LogP contribution is 2.62. The summed E-state index contributed by atoms with van der Waals surface area (Å²) in [4.78, 5) is 15.2. The maximum Gasteiger partial charge on any atom is 0.164 e. The van der Waals surface area contributed by atoms with Gasteiger partial charge in [0.1, 0.15) is 22.7 Å². The Labute approximate surface area is 328 Å². The van der Waals surface area contributed by atoms with Crippen molar-refractivity contribution < 1.29 is 9.15 Å². The van der Waals surface area contributed by atoms with Crippen LogP contribution in [0.15, 0.2) is 192 Å². The van der Waals surface area contributed by atoms with Crippen LogP contribution in [-0.2, 0) is 5.41 Å². The number of aromatic nitrogens is 3. The fourth-order valence-electron chi connectivity index (χ4n) is 9.05. The number of furan rings is 1. The summed E-state index contributed by atoms with van der Waals surface area (Å²) in [6.07, 6.45) is 0. The predicted molar refractivity (Wildman–Crippen MR) is 226 cm³/mol. The topological polar surface area (TPSA) is 61.0 Å². The highest BCUT2D eigenvalue weighted by atomic mass is 16.5. The van der Waals surface area contributed by atoms with Crippen molar-refractivity contribution in [3.05, 3.63) is 210 Å². The molecule has 1 spiro atoms. The van der Waals surface area contributed by atoms with Gasteiger partial charge in [-0.25, -0.2) is 15.0 Å². The molecule has 12 rings (SSSR count). The molecule has 5 nitrogen and oxygen atoms in total. The standard InChI is InChI=1S/C52H31N3O2/c1-3-13-32(14-4-1)33-23-25-35(26-24-33)50-53-49(34-15-5-2-6-16-34)54-51(55-50)36-27-28-45-39(29-36)40-30-44-38(31-48(40)56-45)37-17-7-8-18-41(37)52(44)42-19-9-11-21-46(42)57-47-22-12-10-20-43(47)52/h1-31H. The van der Waals surface area contributed by atoms with Gasteiger partial charge < -0.3 is 9.15 Å². The van der Waals surface area contributed by atoms with Crippen LogP contribution in [0.3, 0.4) is 0 Å². The first-order valence-electron chi connectivity index (χ1n) is 19.2. The van der Waals surface area contributed by atoms with E-state index in [1.165, 1.54) is 16.7 Å². The Morgan fingerprint density at radius 3 is 1.51 bits per heavy atom. The van der Waals surface area contributed by atoms with Crippen molar-refractivity contribution in [2.45, 2.75) is 5.41 Å². The molecule has 2 aromatic heterocycles. The van der Waals surface area contributed by atoms with Gasteiger partial charge in [-0.2, -0.15) is 0 Å². The molecule has 5 heteroatoms. The number of benzene rings is 8. The second-order valence-electron chi connectivity index (χ2n) is 14.7. The minimum absolute atomic E-state index is 0.573. The number of hydrogen-bond donors (Lipinski definition) is 0. The van der Waals surface area contributed by atoms with Crippen molar-refractivity contribution in [2.75, 3.05) is 0 Å². The molecule has 0 amide bonds. The van der Waals surface area contributed by atoms with Gasteiger partial charge in [-0.05, 0) is 75.8 Å². The summed E-state index contributed by atoms with van der Waals surface area (Å²) in [5.41, 5.74) is 13.2. The van der Waals surface area contributed by atoms with E-state index < -0.39 is 5.41 Å². The van der Waals surface area contributed by atoms with E-state index in [9.17, 15) is 0 Å². The molecule has 0 N–H and O–H groups in total. The summed E-state index contributed by atoms with van der Waals surface area (Å²) in [6, 6.07) is 65.4. The Morgan fingerprint density at radius 2 is 0.825 bits per heavy atom. The van der Waals surface area contributed by atoms with E-state index >= 15 is 0 Å². The molecule has 2 aliphatic rings. The van der Waals surface area contributed by atoms with Crippen molar-refractivity contribution in [3.63, 3.8) is 0 Å². The molecule has 0 saturated heterocycles. The molecule has 0 radical (unpaired) electrons. The van der Waals surface area contributed by atoms with Crippen LogP contribution < -0.4 is 4.74 Å². The largest absolute Gasteiger partial charge is 0.457 e. The summed E-state index contributed by atoms with van der Waals surface area (Å²) in [5, 5.41) is 2.04. The van der Waals surface area contributed by atoms with Crippen molar-refractivity contribution in [2.24, 2.45) is 0 Å². The van der Waals surface area contributed by atoms with Crippen LogP contribution in [0.2, 0.25) is 0 Å². The van der Waals surface area contributed by atoms with Crippen LogP contribution in [0.4, 0.5) is 0 Å². The van der Waals surface area contributed by atoms with E-state index in [1.54, 1.807) is 0 Å². The molecule has 266 valence electrons. The lowest BCUT2D eigenvalue weighted by molar-refractivity contribution is 0.436. The van der Waals surface area contributed by atoms with Crippen LogP contribution in [-0.4, -0.2) is 15.0 Å². The first kappa shape index (κ1) is 31.7. The molecule has 0 fully saturated rings. The maximum atomic E-state index is 6.65. The summed E-state index contributed by atoms with van der Waals surface area (Å²) in [5.74, 6) is 3.57. The summed E-state index contributed by atoms with van der Waals surface area (Å²) in [7, 11) is 0. The lowest BCUT2D eigenvalue weighted by atomic mass is 9.66. The summed E-state index contributed by atoms with van der Waals surface area (Å²) >= 11 is 0. The quantitative estimate of drug-likeness (QED) is 0.180. The zero-order valence-electron chi connectivity index (χ0n) is 30.6. The molecular formula is C52H31N3O2. The first-order chi connectivity index (χ1) is 28.2. The third-order valence-corrected chi connectivity index (χ3v) is 11.6. The molecule has 3 heterocycles. The Balaban J connectivity index is 1.06. The summed E-state index contributed by atoms with van der Waals surface area (Å²) < 4.78 is 13.2. The van der Waals surface area contributed by atoms with Gasteiger partial charge in [-0.15, -0.1) is 0 Å². The van der Waals surface area contributed by atoms with Crippen LogP contribution >= 0.6 is 0 Å². The van der Waals surface area contributed by atoms with Gasteiger partial charge in [0, 0.05) is 38.6 Å².